The normalized spacial score (nSPS) is 13.3. The molecule has 0 spiro atoms. The van der Waals surface area contributed by atoms with Crippen LogP contribution in [0.5, 0.6) is 0 Å². The summed E-state index contributed by atoms with van der Waals surface area (Å²) in [5, 5.41) is 2.25. The Balaban J connectivity index is 1.19. The highest BCUT2D eigenvalue weighted by Crippen LogP contribution is 2.42. The van der Waals surface area contributed by atoms with Gasteiger partial charge in [-0.25, -0.2) is 0 Å². The van der Waals surface area contributed by atoms with Crippen LogP contribution in [-0.2, 0) is 0 Å². The fourth-order valence-corrected chi connectivity index (χ4v) is 8.17. The van der Waals surface area contributed by atoms with Crippen molar-refractivity contribution in [3.05, 3.63) is 218 Å². The van der Waals surface area contributed by atoms with Gasteiger partial charge in [0.1, 0.15) is 0 Å². The molecule has 0 aliphatic carbocycles. The van der Waals surface area contributed by atoms with Crippen molar-refractivity contribution in [1.29, 1.82) is 0 Å². The molecule has 0 aliphatic rings. The summed E-state index contributed by atoms with van der Waals surface area (Å²) in [7, 11) is 0. The van der Waals surface area contributed by atoms with Crippen molar-refractivity contribution in [3.63, 3.8) is 0 Å². The molecule has 0 saturated carbocycles. The Morgan fingerprint density at radius 3 is 1.68 bits per heavy atom. The Morgan fingerprint density at radius 2 is 0.911 bits per heavy atom. The molecule has 0 radical (unpaired) electrons. The second-order valence-corrected chi connectivity index (χ2v) is 14.0. The number of rotatable bonds is 6. The second-order valence-electron chi connectivity index (χ2n) is 14.0. The minimum Gasteiger partial charge on any atom is -0.309 e. The van der Waals surface area contributed by atoms with E-state index in [0.29, 0.717) is 11.3 Å². The molecule has 0 saturated heterocycles. The summed E-state index contributed by atoms with van der Waals surface area (Å²) in [6, 6.07) is 56.8. The monoisotopic (exact) mass is 719 g/mol. The van der Waals surface area contributed by atoms with Gasteiger partial charge in [0.05, 0.1) is 31.7 Å². The van der Waals surface area contributed by atoms with E-state index in [-0.39, 0.29) is 57.6 Å². The average molecular weight is 720 g/mol. The van der Waals surface area contributed by atoms with E-state index in [2.05, 4.69) is 71.3 Å². The molecule has 0 fully saturated rings. The summed E-state index contributed by atoms with van der Waals surface area (Å²) in [5.41, 5.74) is 10.7. The summed E-state index contributed by atoms with van der Waals surface area (Å²) < 4.78 is 69.0. The highest BCUT2D eigenvalue weighted by molar-refractivity contribution is 6.17. The molecule has 0 N–H and O–H groups in total. The minimum absolute atomic E-state index is 0.0816. The Morgan fingerprint density at radius 1 is 0.321 bits per heavy atom. The Hall–Kier alpha value is -7.42. The highest BCUT2D eigenvalue weighted by Gasteiger charge is 2.19. The van der Waals surface area contributed by atoms with Crippen LogP contribution in [0.25, 0.3) is 99.5 Å². The van der Waals surface area contributed by atoms with Crippen LogP contribution in [0.15, 0.2) is 218 Å². The second kappa shape index (κ2) is 13.2. The molecule has 56 heavy (non-hydrogen) atoms. The molecule has 0 aliphatic heterocycles. The van der Waals surface area contributed by atoms with Gasteiger partial charge >= 0.3 is 0 Å². The van der Waals surface area contributed by atoms with Crippen molar-refractivity contribution in [2.24, 2.45) is 0 Å². The maximum atomic E-state index is 9.94. The number of nitrogens with zero attached hydrogens (tertiary/aromatic N) is 2. The zero-order chi connectivity index (χ0) is 43.1. The van der Waals surface area contributed by atoms with Crippen LogP contribution in [0, 0.1) is 0 Å². The van der Waals surface area contributed by atoms with Crippen LogP contribution in [0.1, 0.15) is 9.60 Å². The fraction of sp³-hybridized carbons (Fsp3) is 0. The molecule has 0 unspecified atom stereocenters. The first-order valence-electron chi connectivity index (χ1n) is 22.2. The minimum atomic E-state index is -0.425. The van der Waals surface area contributed by atoms with Gasteiger partial charge in [-0.3, -0.25) is 0 Å². The predicted octanol–water partition coefficient (Wildman–Crippen LogP) is 14.5. The van der Waals surface area contributed by atoms with Crippen molar-refractivity contribution in [1.82, 2.24) is 9.13 Å². The molecule has 0 bridgehead atoms. The van der Waals surface area contributed by atoms with Gasteiger partial charge in [-0.1, -0.05) is 158 Å². The van der Waals surface area contributed by atoms with Crippen molar-refractivity contribution >= 4 is 43.6 Å². The van der Waals surface area contributed by atoms with Crippen LogP contribution >= 0.6 is 0 Å². The van der Waals surface area contributed by atoms with Crippen molar-refractivity contribution in [3.8, 4) is 55.9 Å². The molecular formula is C54H36N2. The summed E-state index contributed by atoms with van der Waals surface area (Å²) in [4.78, 5) is 0. The summed E-state index contributed by atoms with van der Waals surface area (Å²) >= 11 is 0. The first-order chi connectivity index (χ1) is 30.7. The number of hydrogen-bond acceptors (Lipinski definition) is 0. The standard InChI is InChI=1S/C54H36N2/c1-4-14-37(15-5-1)39-26-30-44(31-27-39)55-52-33-29-43(36-49(52)54-46(23-13-25-53(54)55)40-18-8-3-9-19-40)42-28-32-51-48(35-42)47-22-10-11-24-50(47)56(51)45-21-12-20-41(34-45)38-16-6-2-7-17-38/h1-36H/i10D,11D,22D,24D,28D,32D,35D. The van der Waals surface area contributed by atoms with Crippen LogP contribution in [0.4, 0.5) is 0 Å². The molecule has 2 heteroatoms. The van der Waals surface area contributed by atoms with Gasteiger partial charge in [-0.2, -0.15) is 0 Å². The number of aromatic nitrogens is 2. The Bertz CT molecular complexity index is 3620. The molecular weight excluding hydrogens is 677 g/mol. The molecule has 2 nitrogen and oxygen atoms in total. The van der Waals surface area contributed by atoms with Crippen molar-refractivity contribution in [2.75, 3.05) is 0 Å². The first-order valence-corrected chi connectivity index (χ1v) is 18.7. The van der Waals surface area contributed by atoms with Crippen LogP contribution in [0.3, 0.4) is 0 Å². The number of para-hydroxylation sites is 1. The Labute approximate surface area is 335 Å². The summed E-state index contributed by atoms with van der Waals surface area (Å²) in [6.07, 6.45) is 0. The lowest BCUT2D eigenvalue weighted by atomic mass is 9.97. The molecule has 0 amide bonds. The maximum Gasteiger partial charge on any atom is 0.0645 e. The molecule has 0 atom stereocenters. The van der Waals surface area contributed by atoms with E-state index >= 15 is 0 Å². The molecule has 2 aromatic heterocycles. The number of hydrogen-bond donors (Lipinski definition) is 0. The van der Waals surface area contributed by atoms with E-state index in [0.717, 1.165) is 60.9 Å². The number of fused-ring (bicyclic) bond motifs is 6. The van der Waals surface area contributed by atoms with Gasteiger partial charge in [0, 0.05) is 32.9 Å². The summed E-state index contributed by atoms with van der Waals surface area (Å²) in [6.45, 7) is 0. The lowest BCUT2D eigenvalue weighted by Gasteiger charge is -2.11. The van der Waals surface area contributed by atoms with E-state index in [4.69, 9.17) is 2.74 Å². The van der Waals surface area contributed by atoms with Crippen molar-refractivity contribution in [2.45, 2.75) is 0 Å². The van der Waals surface area contributed by atoms with Gasteiger partial charge in [0.2, 0.25) is 0 Å². The third kappa shape index (κ3) is 5.26. The smallest absolute Gasteiger partial charge is 0.0645 e. The lowest BCUT2D eigenvalue weighted by Crippen LogP contribution is -1.94. The van der Waals surface area contributed by atoms with Gasteiger partial charge in [0.15, 0.2) is 0 Å². The van der Waals surface area contributed by atoms with Crippen LogP contribution in [-0.4, -0.2) is 9.13 Å². The maximum absolute atomic E-state index is 9.94. The highest BCUT2D eigenvalue weighted by atomic mass is 15.0. The summed E-state index contributed by atoms with van der Waals surface area (Å²) in [5.74, 6) is 0. The fourth-order valence-electron chi connectivity index (χ4n) is 8.17. The molecule has 11 rings (SSSR count). The van der Waals surface area contributed by atoms with E-state index < -0.39 is 12.1 Å². The quantitative estimate of drug-likeness (QED) is 0.162. The van der Waals surface area contributed by atoms with E-state index in [1.54, 1.807) is 4.57 Å². The molecule has 262 valence electrons. The third-order valence-corrected chi connectivity index (χ3v) is 10.8. The third-order valence-electron chi connectivity index (χ3n) is 10.8. The van der Waals surface area contributed by atoms with Crippen LogP contribution < -0.4 is 0 Å². The lowest BCUT2D eigenvalue weighted by molar-refractivity contribution is 1.18. The first kappa shape index (κ1) is 25.6. The van der Waals surface area contributed by atoms with E-state index in [1.807, 2.05) is 109 Å². The topological polar surface area (TPSA) is 9.86 Å². The zero-order valence-electron chi connectivity index (χ0n) is 37.1. The van der Waals surface area contributed by atoms with E-state index in [1.165, 1.54) is 0 Å². The largest absolute Gasteiger partial charge is 0.309 e. The van der Waals surface area contributed by atoms with Gasteiger partial charge < -0.3 is 9.13 Å². The molecule has 11 aromatic rings. The van der Waals surface area contributed by atoms with Gasteiger partial charge in [-0.15, -0.1) is 0 Å². The predicted molar refractivity (Wildman–Crippen MR) is 237 cm³/mol. The number of benzene rings is 9. The molecule has 9 aromatic carbocycles. The average Bonchev–Trinajstić information content (AvgIpc) is 3.87. The van der Waals surface area contributed by atoms with Crippen LogP contribution in [0.2, 0.25) is 0 Å². The Kier molecular flexibility index (Phi) is 6.01. The van der Waals surface area contributed by atoms with Gasteiger partial charge in [0.25, 0.3) is 0 Å². The van der Waals surface area contributed by atoms with Crippen molar-refractivity contribution < 1.29 is 9.60 Å². The molecule has 2 heterocycles. The van der Waals surface area contributed by atoms with Gasteiger partial charge in [-0.05, 0) is 105 Å². The van der Waals surface area contributed by atoms with E-state index in [9.17, 15) is 6.85 Å². The SMILES string of the molecule is [2H]c1c([2H])c([2H])c2c(c1[2H])c1c([2H])c(-c3ccc4c(c3)c3c(-c5ccccc5)cccc3n4-c3ccc(-c4ccccc4)cc3)c([2H])c([2H])c1n2-c1cccc(-c2ccccc2)c1. The zero-order valence-corrected chi connectivity index (χ0v) is 30.1.